The normalized spacial score (nSPS) is 11.3. The van der Waals surface area contributed by atoms with Crippen LogP contribution in [0.2, 0.25) is 0 Å². The van der Waals surface area contributed by atoms with Crippen LogP contribution in [-0.4, -0.2) is 40.0 Å². The highest BCUT2D eigenvalue weighted by Crippen LogP contribution is 2.28. The highest BCUT2D eigenvalue weighted by atomic mass is 32.2. The summed E-state index contributed by atoms with van der Waals surface area (Å²) in [7, 11) is -3.53. The summed E-state index contributed by atoms with van der Waals surface area (Å²) in [5, 5.41) is 4.03. The number of hydrogen-bond acceptors (Lipinski definition) is 6. The molecule has 1 amide bonds. The molecule has 190 valence electrons. The first-order chi connectivity index (χ1) is 17.2. The van der Waals surface area contributed by atoms with Crippen molar-refractivity contribution in [1.82, 2.24) is 5.43 Å². The monoisotopic (exact) mass is 509 g/mol. The average molecular weight is 510 g/mol. The van der Waals surface area contributed by atoms with Gasteiger partial charge in [0, 0.05) is 5.56 Å². The predicted octanol–water partition coefficient (Wildman–Crippen LogP) is 4.52. The molecule has 36 heavy (non-hydrogen) atoms. The molecule has 0 unspecified atom stereocenters. The lowest BCUT2D eigenvalue weighted by Crippen LogP contribution is -2.29. The van der Waals surface area contributed by atoms with Gasteiger partial charge in [-0.25, -0.2) is 13.8 Å². The molecule has 1 N–H and O–H groups in total. The number of benzene rings is 3. The summed E-state index contributed by atoms with van der Waals surface area (Å²) in [6.45, 7) is 6.98. The van der Waals surface area contributed by atoms with Gasteiger partial charge in [0.25, 0.3) is 5.91 Å². The van der Waals surface area contributed by atoms with Crippen molar-refractivity contribution in [2.45, 2.75) is 27.3 Å². The fourth-order valence-corrected chi connectivity index (χ4v) is 4.30. The Labute approximate surface area is 212 Å². The summed E-state index contributed by atoms with van der Waals surface area (Å²) in [6.07, 6.45) is 2.67. The number of amides is 1. The van der Waals surface area contributed by atoms with E-state index in [1.165, 1.54) is 10.5 Å². The molecule has 8 nitrogen and oxygen atoms in total. The lowest BCUT2D eigenvalue weighted by molar-refractivity contribution is 0.0955. The summed E-state index contributed by atoms with van der Waals surface area (Å²) < 4.78 is 37.3. The number of carbonyl (C=O) groups excluding carboxylic acids is 1. The standard InChI is InChI=1S/C27H31N3O5S/c1-5-34-25-16-11-22(17-26(25)35-6-2)18-28-29-27(31)23-12-14-24(15-13-23)30(36(4,32)33)19-21-9-7-20(3)8-10-21/h7-18H,5-6,19H2,1-4H3,(H,29,31)/b28-18-. The number of aryl methyl sites for hydroxylation is 1. The summed E-state index contributed by atoms with van der Waals surface area (Å²) in [5.41, 5.74) is 6.00. The maximum Gasteiger partial charge on any atom is 0.271 e. The Morgan fingerprint density at radius 3 is 2.19 bits per heavy atom. The molecule has 0 aliphatic heterocycles. The third-order valence-corrected chi connectivity index (χ3v) is 6.35. The summed E-state index contributed by atoms with van der Waals surface area (Å²) in [6, 6.07) is 19.4. The Bertz CT molecular complexity index is 1300. The van der Waals surface area contributed by atoms with Crippen molar-refractivity contribution < 1.29 is 22.7 Å². The van der Waals surface area contributed by atoms with E-state index in [-0.39, 0.29) is 6.54 Å². The molecule has 0 aliphatic carbocycles. The van der Waals surface area contributed by atoms with Crippen LogP contribution in [0.25, 0.3) is 0 Å². The van der Waals surface area contributed by atoms with Gasteiger partial charge >= 0.3 is 0 Å². The molecule has 3 rings (SSSR count). The molecule has 0 bridgehead atoms. The molecule has 3 aromatic carbocycles. The molecule has 0 fully saturated rings. The number of anilines is 1. The van der Waals surface area contributed by atoms with Crippen molar-refractivity contribution in [3.8, 4) is 11.5 Å². The van der Waals surface area contributed by atoms with E-state index in [1.54, 1.807) is 36.4 Å². The molecule has 0 saturated heterocycles. The minimum Gasteiger partial charge on any atom is -0.490 e. The zero-order valence-corrected chi connectivity index (χ0v) is 21.7. The summed E-state index contributed by atoms with van der Waals surface area (Å²) >= 11 is 0. The van der Waals surface area contributed by atoms with E-state index >= 15 is 0 Å². The summed E-state index contributed by atoms with van der Waals surface area (Å²) in [4.78, 5) is 12.5. The van der Waals surface area contributed by atoms with Crippen LogP contribution >= 0.6 is 0 Å². The lowest BCUT2D eigenvalue weighted by atomic mass is 10.1. The van der Waals surface area contributed by atoms with E-state index in [0.29, 0.717) is 36.0 Å². The van der Waals surface area contributed by atoms with Gasteiger partial charge in [-0.05, 0) is 74.4 Å². The maximum atomic E-state index is 12.5. The van der Waals surface area contributed by atoms with Crippen molar-refractivity contribution in [1.29, 1.82) is 0 Å². The maximum absolute atomic E-state index is 12.5. The minimum atomic E-state index is -3.53. The van der Waals surface area contributed by atoms with E-state index in [1.807, 2.05) is 51.1 Å². The van der Waals surface area contributed by atoms with Crippen molar-refractivity contribution in [2.75, 3.05) is 23.8 Å². The molecule has 0 spiro atoms. The van der Waals surface area contributed by atoms with Crippen molar-refractivity contribution in [3.05, 3.63) is 89.0 Å². The van der Waals surface area contributed by atoms with E-state index in [9.17, 15) is 13.2 Å². The third kappa shape index (κ3) is 7.32. The first kappa shape index (κ1) is 26.7. The van der Waals surface area contributed by atoms with Crippen molar-refractivity contribution in [3.63, 3.8) is 0 Å². The number of nitrogens with zero attached hydrogens (tertiary/aromatic N) is 2. The Balaban J connectivity index is 1.69. The average Bonchev–Trinajstić information content (AvgIpc) is 2.85. The molecule has 0 aromatic heterocycles. The second kappa shape index (κ2) is 12.2. The fourth-order valence-electron chi connectivity index (χ4n) is 3.42. The molecule has 0 saturated carbocycles. The minimum absolute atomic E-state index is 0.195. The number of sulfonamides is 1. The number of ether oxygens (including phenoxy) is 2. The number of hydrogen-bond donors (Lipinski definition) is 1. The summed E-state index contributed by atoms with van der Waals surface area (Å²) in [5.74, 6) is 0.829. The molecule has 0 heterocycles. The van der Waals surface area contributed by atoms with Gasteiger partial charge in [0.05, 0.1) is 37.9 Å². The van der Waals surface area contributed by atoms with E-state index in [4.69, 9.17) is 9.47 Å². The largest absolute Gasteiger partial charge is 0.490 e. The van der Waals surface area contributed by atoms with Gasteiger partial charge in [-0.15, -0.1) is 0 Å². The second-order valence-electron chi connectivity index (χ2n) is 8.07. The number of nitrogens with one attached hydrogen (secondary N) is 1. The van der Waals surface area contributed by atoms with Crippen molar-refractivity contribution >= 4 is 27.8 Å². The Morgan fingerprint density at radius 1 is 0.944 bits per heavy atom. The first-order valence-electron chi connectivity index (χ1n) is 11.6. The van der Waals surface area contributed by atoms with Gasteiger partial charge in [-0.2, -0.15) is 5.10 Å². The molecule has 0 radical (unpaired) electrons. The van der Waals surface area contributed by atoms with Gasteiger partial charge in [0.1, 0.15) is 0 Å². The van der Waals surface area contributed by atoms with E-state index < -0.39 is 15.9 Å². The highest BCUT2D eigenvalue weighted by molar-refractivity contribution is 7.92. The molecule has 0 aliphatic rings. The van der Waals surface area contributed by atoms with Gasteiger partial charge < -0.3 is 9.47 Å². The zero-order chi connectivity index (χ0) is 26.1. The van der Waals surface area contributed by atoms with Gasteiger partial charge in [0.15, 0.2) is 11.5 Å². The number of rotatable bonds is 11. The van der Waals surface area contributed by atoms with Crippen molar-refractivity contribution in [2.24, 2.45) is 5.10 Å². The number of hydrazone groups is 1. The van der Waals surface area contributed by atoms with Crippen LogP contribution in [0, 0.1) is 6.92 Å². The topological polar surface area (TPSA) is 97.3 Å². The van der Waals surface area contributed by atoms with Crippen LogP contribution in [0.3, 0.4) is 0 Å². The predicted molar refractivity (Wildman–Crippen MR) is 142 cm³/mol. The van der Waals surface area contributed by atoms with Crippen LogP contribution in [0.4, 0.5) is 5.69 Å². The molecule has 9 heteroatoms. The third-order valence-electron chi connectivity index (χ3n) is 5.21. The quantitative estimate of drug-likeness (QED) is 0.303. The first-order valence-corrected chi connectivity index (χ1v) is 13.4. The van der Waals surface area contributed by atoms with Crippen LogP contribution in [-0.2, 0) is 16.6 Å². The lowest BCUT2D eigenvalue weighted by Gasteiger charge is -2.22. The smallest absolute Gasteiger partial charge is 0.271 e. The highest BCUT2D eigenvalue weighted by Gasteiger charge is 2.18. The fraction of sp³-hybridized carbons (Fsp3) is 0.259. The molecule has 3 aromatic rings. The van der Waals surface area contributed by atoms with Gasteiger partial charge in [0.2, 0.25) is 10.0 Å². The molecular formula is C27H31N3O5S. The zero-order valence-electron chi connectivity index (χ0n) is 20.9. The molecular weight excluding hydrogens is 478 g/mol. The molecule has 0 atom stereocenters. The van der Waals surface area contributed by atoms with Gasteiger partial charge in [-0.1, -0.05) is 29.8 Å². The van der Waals surface area contributed by atoms with E-state index in [0.717, 1.165) is 22.9 Å². The van der Waals surface area contributed by atoms with Crippen LogP contribution in [0.1, 0.15) is 40.9 Å². The van der Waals surface area contributed by atoms with Crippen LogP contribution < -0.4 is 19.2 Å². The van der Waals surface area contributed by atoms with Crippen LogP contribution in [0.5, 0.6) is 11.5 Å². The van der Waals surface area contributed by atoms with E-state index in [2.05, 4.69) is 10.5 Å². The Hall–Kier alpha value is -3.85. The second-order valence-corrected chi connectivity index (χ2v) is 9.98. The Morgan fingerprint density at radius 2 is 1.58 bits per heavy atom. The Kier molecular flexibility index (Phi) is 9.08. The number of carbonyl (C=O) groups is 1. The SMILES string of the molecule is CCOc1ccc(/C=N\NC(=O)c2ccc(N(Cc3ccc(C)cc3)S(C)(=O)=O)cc2)cc1OCC. The van der Waals surface area contributed by atoms with Gasteiger partial charge in [-0.3, -0.25) is 9.10 Å². The van der Waals surface area contributed by atoms with Crippen LogP contribution in [0.15, 0.2) is 71.8 Å².